The van der Waals surface area contributed by atoms with Crippen LogP contribution in [0.5, 0.6) is 5.75 Å². The van der Waals surface area contributed by atoms with Crippen LogP contribution in [0.15, 0.2) is 48.9 Å². The van der Waals surface area contributed by atoms with Gasteiger partial charge in [-0.05, 0) is 40.8 Å². The van der Waals surface area contributed by atoms with Gasteiger partial charge >= 0.3 is 0 Å². The first-order chi connectivity index (χ1) is 9.81. The van der Waals surface area contributed by atoms with Crippen molar-refractivity contribution in [3.05, 3.63) is 54.6 Å². The van der Waals surface area contributed by atoms with Gasteiger partial charge in [0.1, 0.15) is 12.1 Å². The summed E-state index contributed by atoms with van der Waals surface area (Å²) in [6.45, 7) is 0.569. The third kappa shape index (κ3) is 2.72. The SMILES string of the molecule is Oc1ccc(CNc2cccc(-n3cnnn3)c2)nc1. The molecule has 0 saturated carbocycles. The van der Waals surface area contributed by atoms with Gasteiger partial charge in [-0.25, -0.2) is 4.68 Å². The van der Waals surface area contributed by atoms with Crippen LogP contribution in [0.4, 0.5) is 5.69 Å². The van der Waals surface area contributed by atoms with Gasteiger partial charge in [-0.3, -0.25) is 4.98 Å². The smallest absolute Gasteiger partial charge is 0.143 e. The van der Waals surface area contributed by atoms with Gasteiger partial charge in [0.15, 0.2) is 0 Å². The molecule has 0 saturated heterocycles. The third-order valence-electron chi connectivity index (χ3n) is 2.74. The van der Waals surface area contributed by atoms with E-state index in [1.165, 1.54) is 6.20 Å². The first-order valence-corrected chi connectivity index (χ1v) is 6.02. The minimum Gasteiger partial charge on any atom is -0.506 e. The second kappa shape index (κ2) is 5.35. The summed E-state index contributed by atoms with van der Waals surface area (Å²) in [4.78, 5) is 4.12. The van der Waals surface area contributed by atoms with Crippen LogP contribution < -0.4 is 5.32 Å². The molecule has 2 aromatic heterocycles. The maximum atomic E-state index is 9.18. The van der Waals surface area contributed by atoms with Crippen molar-refractivity contribution in [1.29, 1.82) is 0 Å². The molecule has 0 amide bonds. The molecule has 0 aliphatic rings. The maximum absolute atomic E-state index is 9.18. The fourth-order valence-electron chi connectivity index (χ4n) is 1.75. The largest absolute Gasteiger partial charge is 0.506 e. The van der Waals surface area contributed by atoms with E-state index in [0.29, 0.717) is 6.54 Å². The Kier molecular flexibility index (Phi) is 3.24. The molecular weight excluding hydrogens is 256 g/mol. The standard InChI is InChI=1S/C13H12N6O/c20-13-5-4-11(15-8-13)7-14-10-2-1-3-12(6-10)19-9-16-17-18-19/h1-6,8-9,14,20H,7H2. The second-order valence-electron chi connectivity index (χ2n) is 4.17. The molecule has 0 unspecified atom stereocenters. The molecule has 0 radical (unpaired) electrons. The number of rotatable bonds is 4. The van der Waals surface area contributed by atoms with Crippen molar-refractivity contribution < 1.29 is 5.11 Å². The van der Waals surface area contributed by atoms with Crippen LogP contribution in [0.3, 0.4) is 0 Å². The molecular formula is C13H12N6O. The highest BCUT2D eigenvalue weighted by atomic mass is 16.3. The highest BCUT2D eigenvalue weighted by molar-refractivity contribution is 5.50. The molecule has 0 spiro atoms. The molecule has 3 aromatic rings. The Labute approximate surface area is 114 Å². The Balaban J connectivity index is 1.72. The van der Waals surface area contributed by atoms with E-state index in [2.05, 4.69) is 25.8 Å². The first-order valence-electron chi connectivity index (χ1n) is 6.02. The van der Waals surface area contributed by atoms with E-state index in [0.717, 1.165) is 17.1 Å². The molecule has 0 fully saturated rings. The summed E-state index contributed by atoms with van der Waals surface area (Å²) < 4.78 is 1.59. The minimum atomic E-state index is 0.162. The number of hydrogen-bond donors (Lipinski definition) is 2. The van der Waals surface area contributed by atoms with E-state index < -0.39 is 0 Å². The zero-order valence-corrected chi connectivity index (χ0v) is 10.5. The Bertz CT molecular complexity index is 680. The summed E-state index contributed by atoms with van der Waals surface area (Å²) in [6.07, 6.45) is 2.97. The number of benzene rings is 1. The number of hydrogen-bond acceptors (Lipinski definition) is 6. The van der Waals surface area contributed by atoms with E-state index in [9.17, 15) is 5.11 Å². The molecule has 7 nitrogen and oxygen atoms in total. The van der Waals surface area contributed by atoms with Crippen molar-refractivity contribution in [2.75, 3.05) is 5.32 Å². The molecule has 0 atom stereocenters. The lowest BCUT2D eigenvalue weighted by molar-refractivity contribution is 0.472. The zero-order chi connectivity index (χ0) is 13.8. The summed E-state index contributed by atoms with van der Waals surface area (Å²) in [5, 5.41) is 23.5. The van der Waals surface area contributed by atoms with E-state index in [1.54, 1.807) is 23.1 Å². The normalized spacial score (nSPS) is 10.4. The lowest BCUT2D eigenvalue weighted by Crippen LogP contribution is -2.02. The quantitative estimate of drug-likeness (QED) is 0.743. The number of pyridine rings is 1. The Morgan fingerprint density at radius 1 is 1.20 bits per heavy atom. The topological polar surface area (TPSA) is 88.8 Å². The molecule has 1 aromatic carbocycles. The van der Waals surface area contributed by atoms with Crippen molar-refractivity contribution >= 4 is 5.69 Å². The van der Waals surface area contributed by atoms with Crippen molar-refractivity contribution in [3.63, 3.8) is 0 Å². The molecule has 0 aliphatic heterocycles. The highest BCUT2D eigenvalue weighted by Gasteiger charge is 2.00. The predicted octanol–water partition coefficient (Wildman–Crippen LogP) is 1.37. The van der Waals surface area contributed by atoms with Crippen LogP contribution in [-0.4, -0.2) is 30.3 Å². The average Bonchev–Trinajstić information content (AvgIpc) is 3.01. The van der Waals surface area contributed by atoms with Gasteiger partial charge < -0.3 is 10.4 Å². The second-order valence-corrected chi connectivity index (χ2v) is 4.17. The fourth-order valence-corrected chi connectivity index (χ4v) is 1.75. The summed E-state index contributed by atoms with van der Waals surface area (Å²) in [5.41, 5.74) is 2.65. The van der Waals surface area contributed by atoms with Crippen molar-refractivity contribution in [3.8, 4) is 11.4 Å². The van der Waals surface area contributed by atoms with Crippen LogP contribution in [0.25, 0.3) is 5.69 Å². The molecule has 7 heteroatoms. The Morgan fingerprint density at radius 3 is 2.90 bits per heavy atom. The van der Waals surface area contributed by atoms with Crippen molar-refractivity contribution in [2.24, 2.45) is 0 Å². The maximum Gasteiger partial charge on any atom is 0.143 e. The third-order valence-corrected chi connectivity index (χ3v) is 2.74. The van der Waals surface area contributed by atoms with Gasteiger partial charge in [-0.2, -0.15) is 0 Å². The monoisotopic (exact) mass is 268 g/mol. The summed E-state index contributed by atoms with van der Waals surface area (Å²) in [5.74, 6) is 0.162. The number of tetrazole rings is 1. The van der Waals surface area contributed by atoms with E-state index >= 15 is 0 Å². The molecule has 2 N–H and O–H groups in total. The van der Waals surface area contributed by atoms with Gasteiger partial charge in [-0.1, -0.05) is 6.07 Å². The van der Waals surface area contributed by atoms with Gasteiger partial charge in [0.05, 0.1) is 24.1 Å². The van der Waals surface area contributed by atoms with Crippen LogP contribution in [-0.2, 0) is 6.54 Å². The van der Waals surface area contributed by atoms with Gasteiger partial charge in [0.2, 0.25) is 0 Å². The van der Waals surface area contributed by atoms with E-state index in [4.69, 9.17) is 0 Å². The number of anilines is 1. The molecule has 20 heavy (non-hydrogen) atoms. The van der Waals surface area contributed by atoms with Crippen LogP contribution in [0, 0.1) is 0 Å². The Morgan fingerprint density at radius 2 is 2.15 bits per heavy atom. The number of nitrogens with one attached hydrogen (secondary N) is 1. The van der Waals surface area contributed by atoms with Crippen LogP contribution in [0.2, 0.25) is 0 Å². The minimum absolute atomic E-state index is 0.162. The molecule has 2 heterocycles. The summed E-state index contributed by atoms with van der Waals surface area (Å²) in [7, 11) is 0. The van der Waals surface area contributed by atoms with E-state index in [1.807, 2.05) is 24.3 Å². The van der Waals surface area contributed by atoms with Crippen LogP contribution in [0.1, 0.15) is 5.69 Å². The predicted molar refractivity (Wildman–Crippen MR) is 72.4 cm³/mol. The number of aromatic nitrogens is 5. The lowest BCUT2D eigenvalue weighted by atomic mass is 10.2. The van der Waals surface area contributed by atoms with Gasteiger partial charge in [-0.15, -0.1) is 5.10 Å². The zero-order valence-electron chi connectivity index (χ0n) is 10.5. The summed E-state index contributed by atoms with van der Waals surface area (Å²) in [6, 6.07) is 11.1. The first kappa shape index (κ1) is 12.1. The molecule has 100 valence electrons. The lowest BCUT2D eigenvalue weighted by Gasteiger charge is -2.07. The van der Waals surface area contributed by atoms with E-state index in [-0.39, 0.29) is 5.75 Å². The van der Waals surface area contributed by atoms with Gasteiger partial charge in [0.25, 0.3) is 0 Å². The molecule has 0 bridgehead atoms. The Hall–Kier alpha value is -2.96. The highest BCUT2D eigenvalue weighted by Crippen LogP contribution is 2.14. The fraction of sp³-hybridized carbons (Fsp3) is 0.0769. The molecule has 0 aliphatic carbocycles. The van der Waals surface area contributed by atoms with Crippen molar-refractivity contribution in [1.82, 2.24) is 25.2 Å². The number of nitrogens with zero attached hydrogens (tertiary/aromatic N) is 5. The molecule has 3 rings (SSSR count). The number of aromatic hydroxyl groups is 1. The van der Waals surface area contributed by atoms with Gasteiger partial charge in [0, 0.05) is 5.69 Å². The average molecular weight is 268 g/mol. The summed E-state index contributed by atoms with van der Waals surface area (Å²) >= 11 is 0. The van der Waals surface area contributed by atoms with Crippen LogP contribution >= 0.6 is 0 Å². The van der Waals surface area contributed by atoms with Crippen molar-refractivity contribution in [2.45, 2.75) is 6.54 Å².